The van der Waals surface area contributed by atoms with Crippen molar-refractivity contribution in [1.29, 1.82) is 0 Å². The van der Waals surface area contributed by atoms with Gasteiger partial charge in [0.15, 0.2) is 5.78 Å². The fourth-order valence-electron chi connectivity index (χ4n) is 1.47. The maximum Gasteiger partial charge on any atom is 0.161 e. The van der Waals surface area contributed by atoms with Crippen LogP contribution in [0.3, 0.4) is 0 Å². The average Bonchev–Trinajstić information content (AvgIpc) is 2.12. The number of rotatable bonds is 3. The third-order valence-electron chi connectivity index (χ3n) is 2.36. The summed E-state index contributed by atoms with van der Waals surface area (Å²) in [5.41, 5.74) is 1.07. The molecule has 1 aliphatic heterocycles. The Labute approximate surface area is 87.2 Å². The highest BCUT2D eigenvalue weighted by molar-refractivity contribution is 5.99. The lowest BCUT2D eigenvalue weighted by Gasteiger charge is -2.28. The smallest absolute Gasteiger partial charge is 0.161 e. The van der Waals surface area contributed by atoms with E-state index in [1.165, 1.54) is 19.1 Å². The number of nitrogens with one attached hydrogen (secondary N) is 1. The first-order valence-electron chi connectivity index (χ1n) is 4.81. The van der Waals surface area contributed by atoms with Crippen LogP contribution in [0.15, 0.2) is 18.2 Å². The van der Waals surface area contributed by atoms with Crippen LogP contribution in [0.4, 0.5) is 10.1 Å². The van der Waals surface area contributed by atoms with Gasteiger partial charge in [-0.25, -0.2) is 4.39 Å². The normalized spacial score (nSPS) is 15.9. The van der Waals surface area contributed by atoms with E-state index in [4.69, 9.17) is 4.74 Å². The van der Waals surface area contributed by atoms with Gasteiger partial charge >= 0.3 is 0 Å². The summed E-state index contributed by atoms with van der Waals surface area (Å²) in [5, 5.41) is 3.14. The average molecular weight is 209 g/mol. The molecule has 2 rings (SSSR count). The SMILES string of the molecule is CC(=O)c1cc(F)ccc1NC1COC1. The number of ether oxygens (including phenoxy) is 1. The van der Waals surface area contributed by atoms with Crippen molar-refractivity contribution in [2.45, 2.75) is 13.0 Å². The third kappa shape index (κ3) is 2.15. The number of ketones is 1. The zero-order chi connectivity index (χ0) is 10.8. The number of anilines is 1. The minimum Gasteiger partial charge on any atom is -0.377 e. The summed E-state index contributed by atoms with van der Waals surface area (Å²) < 4.78 is 17.9. The van der Waals surface area contributed by atoms with E-state index < -0.39 is 5.82 Å². The summed E-state index contributed by atoms with van der Waals surface area (Å²) >= 11 is 0. The molecule has 0 bridgehead atoms. The summed E-state index contributed by atoms with van der Waals surface area (Å²) in [4.78, 5) is 11.3. The van der Waals surface area contributed by atoms with Crippen LogP contribution in [0.1, 0.15) is 17.3 Å². The molecule has 15 heavy (non-hydrogen) atoms. The van der Waals surface area contributed by atoms with E-state index in [-0.39, 0.29) is 11.8 Å². The van der Waals surface area contributed by atoms with E-state index in [0.717, 1.165) is 0 Å². The maximum absolute atomic E-state index is 12.9. The van der Waals surface area contributed by atoms with E-state index in [0.29, 0.717) is 24.5 Å². The lowest BCUT2D eigenvalue weighted by atomic mass is 10.1. The zero-order valence-corrected chi connectivity index (χ0v) is 8.42. The first kappa shape index (κ1) is 10.1. The van der Waals surface area contributed by atoms with Crippen molar-refractivity contribution < 1.29 is 13.9 Å². The summed E-state index contributed by atoms with van der Waals surface area (Å²) in [7, 11) is 0. The molecule has 0 aromatic heterocycles. The van der Waals surface area contributed by atoms with E-state index >= 15 is 0 Å². The summed E-state index contributed by atoms with van der Waals surface area (Å²) in [6.45, 7) is 2.70. The Balaban J connectivity index is 2.23. The molecule has 0 aliphatic carbocycles. The number of Topliss-reactive ketones (excluding diaryl/α,β-unsaturated/α-hetero) is 1. The summed E-state index contributed by atoms with van der Waals surface area (Å²) in [6.07, 6.45) is 0. The fourth-order valence-corrected chi connectivity index (χ4v) is 1.47. The van der Waals surface area contributed by atoms with E-state index in [2.05, 4.69) is 5.32 Å². The number of carbonyl (C=O) groups is 1. The van der Waals surface area contributed by atoms with Crippen LogP contribution in [-0.2, 0) is 4.74 Å². The molecule has 80 valence electrons. The lowest BCUT2D eigenvalue weighted by molar-refractivity contribution is 0.0211. The largest absolute Gasteiger partial charge is 0.377 e. The maximum atomic E-state index is 12.9. The van der Waals surface area contributed by atoms with Crippen molar-refractivity contribution in [3.05, 3.63) is 29.6 Å². The highest BCUT2D eigenvalue weighted by Gasteiger charge is 2.19. The Morgan fingerprint density at radius 1 is 1.53 bits per heavy atom. The zero-order valence-electron chi connectivity index (χ0n) is 8.42. The molecule has 1 aliphatic rings. The topological polar surface area (TPSA) is 38.3 Å². The molecule has 0 atom stereocenters. The lowest BCUT2D eigenvalue weighted by Crippen LogP contribution is -2.40. The van der Waals surface area contributed by atoms with Crippen LogP contribution in [0, 0.1) is 5.82 Å². The Morgan fingerprint density at radius 2 is 2.27 bits per heavy atom. The molecule has 1 aromatic carbocycles. The summed E-state index contributed by atoms with van der Waals surface area (Å²) in [5.74, 6) is -0.534. The monoisotopic (exact) mass is 209 g/mol. The molecule has 1 saturated heterocycles. The Bertz CT molecular complexity index is 388. The first-order valence-corrected chi connectivity index (χ1v) is 4.81. The minimum atomic E-state index is -0.393. The quantitative estimate of drug-likeness (QED) is 0.772. The number of carbonyl (C=O) groups excluding carboxylic acids is 1. The number of hydrogen-bond acceptors (Lipinski definition) is 3. The second kappa shape index (κ2) is 3.98. The standard InChI is InChI=1S/C11H12FNO2/c1-7(14)10-4-8(12)2-3-11(10)13-9-5-15-6-9/h2-4,9,13H,5-6H2,1H3. The van der Waals surface area contributed by atoms with Gasteiger partial charge < -0.3 is 10.1 Å². The van der Waals surface area contributed by atoms with Crippen LogP contribution < -0.4 is 5.32 Å². The molecule has 0 saturated carbocycles. The van der Waals surface area contributed by atoms with Crippen LogP contribution >= 0.6 is 0 Å². The number of hydrogen-bond donors (Lipinski definition) is 1. The highest BCUT2D eigenvalue weighted by atomic mass is 19.1. The van der Waals surface area contributed by atoms with Gasteiger partial charge in [0.1, 0.15) is 5.82 Å². The van der Waals surface area contributed by atoms with Gasteiger partial charge in [0, 0.05) is 11.3 Å². The molecule has 1 N–H and O–H groups in total. The van der Waals surface area contributed by atoms with Gasteiger partial charge in [-0.05, 0) is 25.1 Å². The minimum absolute atomic E-state index is 0.141. The molecular formula is C11H12FNO2. The second-order valence-electron chi connectivity index (χ2n) is 3.62. The van der Waals surface area contributed by atoms with Crippen molar-refractivity contribution in [2.24, 2.45) is 0 Å². The highest BCUT2D eigenvalue weighted by Crippen LogP contribution is 2.20. The molecule has 0 unspecified atom stereocenters. The predicted molar refractivity (Wildman–Crippen MR) is 54.6 cm³/mol. The van der Waals surface area contributed by atoms with E-state index in [1.54, 1.807) is 6.07 Å². The van der Waals surface area contributed by atoms with Gasteiger partial charge in [0.05, 0.1) is 19.3 Å². The fraction of sp³-hybridized carbons (Fsp3) is 0.364. The third-order valence-corrected chi connectivity index (χ3v) is 2.36. The van der Waals surface area contributed by atoms with Crippen LogP contribution in [0.25, 0.3) is 0 Å². The van der Waals surface area contributed by atoms with Crippen molar-refractivity contribution in [3.8, 4) is 0 Å². The summed E-state index contributed by atoms with van der Waals surface area (Å²) in [6, 6.07) is 4.41. The molecule has 4 heteroatoms. The van der Waals surface area contributed by atoms with Gasteiger partial charge in [-0.1, -0.05) is 0 Å². The van der Waals surface area contributed by atoms with Crippen molar-refractivity contribution in [2.75, 3.05) is 18.5 Å². The molecular weight excluding hydrogens is 197 g/mol. The molecule has 0 spiro atoms. The second-order valence-corrected chi connectivity index (χ2v) is 3.62. The Morgan fingerprint density at radius 3 is 2.80 bits per heavy atom. The van der Waals surface area contributed by atoms with Gasteiger partial charge in [-0.3, -0.25) is 4.79 Å². The predicted octanol–water partition coefficient (Wildman–Crippen LogP) is 1.84. The molecule has 1 aromatic rings. The molecule has 1 heterocycles. The number of benzene rings is 1. The Kier molecular flexibility index (Phi) is 2.68. The molecule has 1 fully saturated rings. The Hall–Kier alpha value is -1.42. The number of halogens is 1. The molecule has 3 nitrogen and oxygen atoms in total. The van der Waals surface area contributed by atoms with Gasteiger partial charge in [0.25, 0.3) is 0 Å². The van der Waals surface area contributed by atoms with Crippen molar-refractivity contribution in [3.63, 3.8) is 0 Å². The molecule has 0 amide bonds. The van der Waals surface area contributed by atoms with Crippen LogP contribution in [0.2, 0.25) is 0 Å². The van der Waals surface area contributed by atoms with E-state index in [1.807, 2.05) is 0 Å². The van der Waals surface area contributed by atoms with E-state index in [9.17, 15) is 9.18 Å². The van der Waals surface area contributed by atoms with Crippen LogP contribution in [0.5, 0.6) is 0 Å². The first-order chi connectivity index (χ1) is 7.16. The van der Waals surface area contributed by atoms with Crippen LogP contribution in [-0.4, -0.2) is 25.0 Å². The molecule has 0 radical (unpaired) electrons. The van der Waals surface area contributed by atoms with Gasteiger partial charge in [0.2, 0.25) is 0 Å². The van der Waals surface area contributed by atoms with Crippen molar-refractivity contribution in [1.82, 2.24) is 0 Å². The van der Waals surface area contributed by atoms with Gasteiger partial charge in [-0.15, -0.1) is 0 Å². The van der Waals surface area contributed by atoms with Gasteiger partial charge in [-0.2, -0.15) is 0 Å². The van der Waals surface area contributed by atoms with Crippen molar-refractivity contribution >= 4 is 11.5 Å².